The van der Waals surface area contributed by atoms with Crippen molar-refractivity contribution < 1.29 is 19.1 Å². The summed E-state index contributed by atoms with van der Waals surface area (Å²) >= 11 is 0. The molecule has 0 unspecified atom stereocenters. The number of piperidine rings is 1. The maximum atomic E-state index is 12.8. The Kier molecular flexibility index (Phi) is 12.7. The molecule has 0 spiro atoms. The standard InChI is InChI=1S/C23H42N4O4.HI/c1-6-24-21(25-14-8-9-20(28)30-7-2)26-15-12-19(13-16-26)27(17-18-10-11-18)22(29)31-23(3,4)5;/h18-19H,6-17H2,1-5H3,(H,24,25);1H. The van der Waals surface area contributed by atoms with Crippen molar-refractivity contribution in [3.8, 4) is 0 Å². The second kappa shape index (κ2) is 14.1. The second-order valence-corrected chi connectivity index (χ2v) is 9.44. The quantitative estimate of drug-likeness (QED) is 0.149. The van der Waals surface area contributed by atoms with Gasteiger partial charge in [-0.05, 0) is 72.6 Å². The number of likely N-dealkylation sites (tertiary alicyclic amines) is 1. The average molecular weight is 567 g/mol. The molecule has 1 aliphatic heterocycles. The fourth-order valence-corrected chi connectivity index (χ4v) is 3.73. The van der Waals surface area contributed by atoms with Crippen LogP contribution in [0.4, 0.5) is 4.79 Å². The molecule has 186 valence electrons. The third-order valence-electron chi connectivity index (χ3n) is 5.43. The summed E-state index contributed by atoms with van der Waals surface area (Å²) < 4.78 is 10.7. The van der Waals surface area contributed by atoms with Crippen LogP contribution >= 0.6 is 24.0 Å². The van der Waals surface area contributed by atoms with Crippen LogP contribution in [0.3, 0.4) is 0 Å². The molecule has 0 bridgehead atoms. The van der Waals surface area contributed by atoms with E-state index in [-0.39, 0.29) is 42.1 Å². The van der Waals surface area contributed by atoms with Crippen molar-refractivity contribution in [1.29, 1.82) is 0 Å². The lowest BCUT2D eigenvalue weighted by Gasteiger charge is -2.40. The lowest BCUT2D eigenvalue weighted by atomic mass is 10.0. The van der Waals surface area contributed by atoms with E-state index in [1.807, 2.05) is 32.6 Å². The van der Waals surface area contributed by atoms with Crippen LogP contribution in [-0.4, -0.2) is 78.8 Å². The van der Waals surface area contributed by atoms with Gasteiger partial charge in [0.15, 0.2) is 5.96 Å². The van der Waals surface area contributed by atoms with Crippen molar-refractivity contribution in [3.63, 3.8) is 0 Å². The van der Waals surface area contributed by atoms with Gasteiger partial charge in [-0.1, -0.05) is 0 Å². The van der Waals surface area contributed by atoms with E-state index in [4.69, 9.17) is 14.5 Å². The van der Waals surface area contributed by atoms with E-state index >= 15 is 0 Å². The molecule has 0 aromatic heterocycles. The first-order valence-electron chi connectivity index (χ1n) is 11.9. The number of nitrogens with one attached hydrogen (secondary N) is 1. The minimum Gasteiger partial charge on any atom is -0.466 e. The monoisotopic (exact) mass is 566 g/mol. The first-order valence-corrected chi connectivity index (χ1v) is 11.9. The number of aliphatic imine (C=N–C) groups is 1. The van der Waals surface area contributed by atoms with Crippen LogP contribution in [0.2, 0.25) is 0 Å². The fraction of sp³-hybridized carbons (Fsp3) is 0.870. The normalized spacial score (nSPS) is 17.4. The predicted molar refractivity (Wildman–Crippen MR) is 138 cm³/mol. The molecule has 32 heavy (non-hydrogen) atoms. The first kappa shape index (κ1) is 28.8. The van der Waals surface area contributed by atoms with Gasteiger partial charge in [0.2, 0.25) is 0 Å². The van der Waals surface area contributed by atoms with Crippen LogP contribution < -0.4 is 5.32 Å². The molecule has 1 saturated heterocycles. The molecule has 2 rings (SSSR count). The van der Waals surface area contributed by atoms with E-state index in [0.29, 0.717) is 31.9 Å². The highest BCUT2D eigenvalue weighted by molar-refractivity contribution is 14.0. The minimum atomic E-state index is -0.478. The number of ether oxygens (including phenoxy) is 2. The highest BCUT2D eigenvalue weighted by Crippen LogP contribution is 2.32. The fourth-order valence-electron chi connectivity index (χ4n) is 3.73. The number of hydrogen-bond donors (Lipinski definition) is 1. The highest BCUT2D eigenvalue weighted by Gasteiger charge is 2.35. The predicted octanol–water partition coefficient (Wildman–Crippen LogP) is 4.02. The first-order chi connectivity index (χ1) is 14.7. The van der Waals surface area contributed by atoms with Crippen LogP contribution in [0.15, 0.2) is 4.99 Å². The smallest absolute Gasteiger partial charge is 0.410 e. The van der Waals surface area contributed by atoms with Crippen molar-refractivity contribution in [2.45, 2.75) is 84.8 Å². The molecular formula is C23H43IN4O4. The Hall–Kier alpha value is -1.26. The maximum absolute atomic E-state index is 12.8. The number of halogens is 1. The molecule has 1 aliphatic carbocycles. The molecule has 9 heteroatoms. The lowest BCUT2D eigenvalue weighted by Crippen LogP contribution is -2.52. The Bertz CT molecular complexity index is 612. The maximum Gasteiger partial charge on any atom is 0.410 e. The van der Waals surface area contributed by atoms with Crippen molar-refractivity contribution in [3.05, 3.63) is 0 Å². The van der Waals surface area contributed by atoms with Gasteiger partial charge in [-0.3, -0.25) is 9.79 Å². The summed E-state index contributed by atoms with van der Waals surface area (Å²) in [5.41, 5.74) is -0.478. The largest absolute Gasteiger partial charge is 0.466 e. The van der Waals surface area contributed by atoms with Crippen molar-refractivity contribution in [1.82, 2.24) is 15.1 Å². The third-order valence-corrected chi connectivity index (χ3v) is 5.43. The van der Waals surface area contributed by atoms with Crippen molar-refractivity contribution in [2.24, 2.45) is 10.9 Å². The van der Waals surface area contributed by atoms with Crippen LogP contribution in [0.5, 0.6) is 0 Å². The van der Waals surface area contributed by atoms with Gasteiger partial charge in [-0.15, -0.1) is 24.0 Å². The van der Waals surface area contributed by atoms with E-state index in [2.05, 4.69) is 17.1 Å². The van der Waals surface area contributed by atoms with Crippen molar-refractivity contribution >= 4 is 42.0 Å². The molecule has 1 heterocycles. The number of amides is 1. The topological polar surface area (TPSA) is 83.5 Å². The van der Waals surface area contributed by atoms with Gasteiger partial charge in [0.1, 0.15) is 5.60 Å². The number of carbonyl (C=O) groups is 2. The van der Waals surface area contributed by atoms with E-state index in [1.165, 1.54) is 12.8 Å². The van der Waals surface area contributed by atoms with Crippen LogP contribution in [0.1, 0.15) is 73.1 Å². The third kappa shape index (κ3) is 10.6. The summed E-state index contributed by atoms with van der Waals surface area (Å²) in [6, 6.07) is 0.207. The van der Waals surface area contributed by atoms with Gasteiger partial charge < -0.3 is 24.6 Å². The number of guanidine groups is 1. The molecule has 2 fully saturated rings. The summed E-state index contributed by atoms with van der Waals surface area (Å²) in [5.74, 6) is 1.35. The Balaban J connectivity index is 0.00000512. The van der Waals surface area contributed by atoms with Gasteiger partial charge in [0, 0.05) is 45.2 Å². The Labute approximate surface area is 210 Å². The number of esters is 1. The molecule has 1 N–H and O–H groups in total. The molecule has 1 amide bonds. The van der Waals surface area contributed by atoms with E-state index < -0.39 is 5.60 Å². The highest BCUT2D eigenvalue weighted by atomic mass is 127. The number of carbonyl (C=O) groups excluding carboxylic acids is 2. The minimum absolute atomic E-state index is 0. The summed E-state index contributed by atoms with van der Waals surface area (Å²) in [6.07, 6.45) is 5.11. The lowest BCUT2D eigenvalue weighted by molar-refractivity contribution is -0.143. The zero-order valence-electron chi connectivity index (χ0n) is 20.5. The molecular weight excluding hydrogens is 523 g/mol. The second-order valence-electron chi connectivity index (χ2n) is 9.44. The zero-order valence-corrected chi connectivity index (χ0v) is 22.9. The summed E-state index contributed by atoms with van der Waals surface area (Å²) in [7, 11) is 0. The number of rotatable bonds is 9. The Morgan fingerprint density at radius 1 is 1.12 bits per heavy atom. The van der Waals surface area contributed by atoms with Gasteiger partial charge in [-0.25, -0.2) is 4.79 Å². The molecule has 2 aliphatic rings. The molecule has 0 atom stereocenters. The SMILES string of the molecule is CCNC(=NCCCC(=O)OCC)N1CCC(N(CC2CC2)C(=O)OC(C)(C)C)CC1.I. The number of hydrogen-bond acceptors (Lipinski definition) is 5. The molecule has 0 aromatic carbocycles. The van der Waals surface area contributed by atoms with Gasteiger partial charge in [0.05, 0.1) is 6.61 Å². The van der Waals surface area contributed by atoms with Gasteiger partial charge in [-0.2, -0.15) is 0 Å². The summed E-state index contributed by atoms with van der Waals surface area (Å²) in [5, 5.41) is 3.36. The number of nitrogens with zero attached hydrogens (tertiary/aromatic N) is 3. The molecule has 8 nitrogen and oxygen atoms in total. The van der Waals surface area contributed by atoms with Crippen LogP contribution in [0, 0.1) is 5.92 Å². The van der Waals surface area contributed by atoms with Crippen LogP contribution in [0.25, 0.3) is 0 Å². The van der Waals surface area contributed by atoms with Crippen LogP contribution in [-0.2, 0) is 14.3 Å². The molecule has 1 saturated carbocycles. The average Bonchev–Trinajstić information content (AvgIpc) is 3.52. The van der Waals surface area contributed by atoms with E-state index in [9.17, 15) is 9.59 Å². The van der Waals surface area contributed by atoms with E-state index in [0.717, 1.165) is 45.0 Å². The Morgan fingerprint density at radius 2 is 1.78 bits per heavy atom. The molecule has 0 radical (unpaired) electrons. The van der Waals surface area contributed by atoms with Crippen molar-refractivity contribution in [2.75, 3.05) is 39.3 Å². The van der Waals surface area contributed by atoms with Gasteiger partial charge >= 0.3 is 12.1 Å². The summed E-state index contributed by atoms with van der Waals surface area (Å²) in [4.78, 5) is 33.3. The molecule has 0 aromatic rings. The zero-order chi connectivity index (χ0) is 22.9. The van der Waals surface area contributed by atoms with Gasteiger partial charge in [0.25, 0.3) is 0 Å². The summed E-state index contributed by atoms with van der Waals surface area (Å²) in [6.45, 7) is 13.9. The Morgan fingerprint density at radius 3 is 2.31 bits per heavy atom. The van der Waals surface area contributed by atoms with E-state index in [1.54, 1.807) is 0 Å².